The summed E-state index contributed by atoms with van der Waals surface area (Å²) in [7, 11) is 0. The lowest BCUT2D eigenvalue weighted by atomic mass is 10.1. The number of aryl methyl sites for hydroxylation is 4. The number of morpholine rings is 1. The van der Waals surface area contributed by atoms with Crippen LogP contribution < -0.4 is 0 Å². The molecule has 1 aromatic heterocycles. The van der Waals surface area contributed by atoms with Crippen molar-refractivity contribution in [1.29, 1.82) is 0 Å². The standard InChI is InChI=1S/C21H29N3O2/c1-14-7-15(2)9-18(8-14)10-23-12-20-21(13-23)25-6-5-24(20)11-19-16(3)22-26-17(19)4/h7-9,20-21H,5-6,10-13H2,1-4H3/t20-,21+/m1/s1. The Labute approximate surface area is 155 Å². The van der Waals surface area contributed by atoms with Crippen LogP contribution in [0.4, 0.5) is 0 Å². The molecule has 0 spiro atoms. The van der Waals surface area contributed by atoms with Gasteiger partial charge in [0.15, 0.2) is 0 Å². The molecule has 140 valence electrons. The molecular weight excluding hydrogens is 326 g/mol. The Balaban J connectivity index is 1.45. The van der Waals surface area contributed by atoms with Gasteiger partial charge >= 0.3 is 0 Å². The minimum Gasteiger partial charge on any atom is -0.374 e. The predicted octanol–water partition coefficient (Wildman–Crippen LogP) is 2.99. The smallest absolute Gasteiger partial charge is 0.138 e. The normalized spacial score (nSPS) is 24.2. The summed E-state index contributed by atoms with van der Waals surface area (Å²) in [6, 6.07) is 7.29. The van der Waals surface area contributed by atoms with Gasteiger partial charge in [0.1, 0.15) is 5.76 Å². The summed E-state index contributed by atoms with van der Waals surface area (Å²) in [4.78, 5) is 5.09. The number of likely N-dealkylation sites (tertiary alicyclic amines) is 1. The molecule has 5 nitrogen and oxygen atoms in total. The van der Waals surface area contributed by atoms with Crippen LogP contribution in [0.3, 0.4) is 0 Å². The summed E-state index contributed by atoms with van der Waals surface area (Å²) in [5.74, 6) is 0.940. The van der Waals surface area contributed by atoms with E-state index in [1.54, 1.807) is 0 Å². The molecule has 0 unspecified atom stereocenters. The van der Waals surface area contributed by atoms with Crippen LogP contribution in [0.2, 0.25) is 0 Å². The van der Waals surface area contributed by atoms with Crippen molar-refractivity contribution in [1.82, 2.24) is 15.0 Å². The van der Waals surface area contributed by atoms with Crippen molar-refractivity contribution in [2.75, 3.05) is 26.2 Å². The Hall–Kier alpha value is -1.69. The summed E-state index contributed by atoms with van der Waals surface area (Å²) in [5.41, 5.74) is 6.33. The Morgan fingerprint density at radius 1 is 1.04 bits per heavy atom. The fraction of sp³-hybridized carbons (Fsp3) is 0.571. The molecule has 0 radical (unpaired) electrons. The van der Waals surface area contributed by atoms with Crippen molar-refractivity contribution in [3.8, 4) is 0 Å². The molecule has 0 saturated carbocycles. The molecule has 3 heterocycles. The molecule has 1 aromatic carbocycles. The van der Waals surface area contributed by atoms with Crippen molar-refractivity contribution in [2.45, 2.75) is 52.9 Å². The number of fused-ring (bicyclic) bond motifs is 1. The number of benzene rings is 1. The minimum atomic E-state index is 0.301. The lowest BCUT2D eigenvalue weighted by Gasteiger charge is -2.36. The highest BCUT2D eigenvalue weighted by atomic mass is 16.5. The van der Waals surface area contributed by atoms with E-state index in [-0.39, 0.29) is 0 Å². The van der Waals surface area contributed by atoms with E-state index < -0.39 is 0 Å². The molecule has 2 saturated heterocycles. The first-order chi connectivity index (χ1) is 12.5. The maximum absolute atomic E-state index is 6.10. The van der Waals surface area contributed by atoms with E-state index >= 15 is 0 Å². The highest BCUT2D eigenvalue weighted by molar-refractivity contribution is 5.28. The molecule has 2 atom stereocenters. The SMILES string of the molecule is Cc1cc(C)cc(CN2C[C@@H]3OCCN(Cc4c(C)noc4C)[C@@H]3C2)c1. The van der Waals surface area contributed by atoms with Crippen molar-refractivity contribution < 1.29 is 9.26 Å². The topological polar surface area (TPSA) is 41.7 Å². The number of hydrogen-bond acceptors (Lipinski definition) is 5. The van der Waals surface area contributed by atoms with E-state index in [1.807, 2.05) is 13.8 Å². The van der Waals surface area contributed by atoms with Crippen molar-refractivity contribution in [3.05, 3.63) is 51.9 Å². The Bertz CT molecular complexity index is 746. The number of aromatic nitrogens is 1. The van der Waals surface area contributed by atoms with Gasteiger partial charge in [-0.1, -0.05) is 34.5 Å². The van der Waals surface area contributed by atoms with Gasteiger partial charge in [0.25, 0.3) is 0 Å². The van der Waals surface area contributed by atoms with Gasteiger partial charge < -0.3 is 9.26 Å². The monoisotopic (exact) mass is 355 g/mol. The van der Waals surface area contributed by atoms with E-state index in [2.05, 4.69) is 47.0 Å². The third-order valence-electron chi connectivity index (χ3n) is 5.72. The molecule has 2 fully saturated rings. The van der Waals surface area contributed by atoms with Gasteiger partial charge in [0, 0.05) is 38.3 Å². The molecule has 5 heteroatoms. The lowest BCUT2D eigenvalue weighted by Crippen LogP contribution is -2.50. The van der Waals surface area contributed by atoms with Crippen LogP contribution in [0.25, 0.3) is 0 Å². The van der Waals surface area contributed by atoms with E-state index in [1.165, 1.54) is 22.3 Å². The zero-order valence-electron chi connectivity index (χ0n) is 16.3. The quantitative estimate of drug-likeness (QED) is 0.843. The van der Waals surface area contributed by atoms with Gasteiger partial charge in [0.2, 0.25) is 0 Å². The summed E-state index contributed by atoms with van der Waals surface area (Å²) < 4.78 is 11.5. The fourth-order valence-electron chi connectivity index (χ4n) is 4.51. The van der Waals surface area contributed by atoms with Gasteiger partial charge in [-0.3, -0.25) is 9.80 Å². The molecule has 2 aliphatic heterocycles. The van der Waals surface area contributed by atoms with Gasteiger partial charge in [-0.15, -0.1) is 0 Å². The minimum absolute atomic E-state index is 0.301. The molecule has 0 bridgehead atoms. The average Bonchev–Trinajstić information content (AvgIpc) is 3.12. The van der Waals surface area contributed by atoms with Crippen molar-refractivity contribution in [3.63, 3.8) is 0 Å². The maximum Gasteiger partial charge on any atom is 0.138 e. The molecule has 4 rings (SSSR count). The molecule has 0 aliphatic carbocycles. The molecule has 2 aliphatic rings. The number of ether oxygens (including phenoxy) is 1. The lowest BCUT2D eigenvalue weighted by molar-refractivity contribution is -0.0506. The van der Waals surface area contributed by atoms with Crippen LogP contribution in [-0.4, -0.2) is 53.3 Å². The largest absolute Gasteiger partial charge is 0.374 e. The van der Waals surface area contributed by atoms with E-state index in [9.17, 15) is 0 Å². The second-order valence-corrected chi connectivity index (χ2v) is 7.94. The highest BCUT2D eigenvalue weighted by Crippen LogP contribution is 2.27. The molecule has 0 N–H and O–H groups in total. The highest BCUT2D eigenvalue weighted by Gasteiger charge is 2.40. The number of hydrogen-bond donors (Lipinski definition) is 0. The first-order valence-electron chi connectivity index (χ1n) is 9.56. The molecular formula is C21H29N3O2. The van der Waals surface area contributed by atoms with Crippen LogP contribution in [0.1, 0.15) is 33.7 Å². The Morgan fingerprint density at radius 3 is 2.50 bits per heavy atom. The first kappa shape index (κ1) is 17.7. The van der Waals surface area contributed by atoms with E-state index in [0.717, 1.165) is 50.8 Å². The number of rotatable bonds is 4. The van der Waals surface area contributed by atoms with Crippen molar-refractivity contribution in [2.24, 2.45) is 0 Å². The Kier molecular flexibility index (Phi) is 4.86. The van der Waals surface area contributed by atoms with Gasteiger partial charge in [-0.2, -0.15) is 0 Å². The van der Waals surface area contributed by atoms with E-state index in [4.69, 9.17) is 9.26 Å². The number of nitrogens with zero attached hydrogens (tertiary/aromatic N) is 3. The second kappa shape index (κ2) is 7.14. The predicted molar refractivity (Wildman–Crippen MR) is 101 cm³/mol. The third-order valence-corrected chi connectivity index (χ3v) is 5.72. The van der Waals surface area contributed by atoms with Crippen LogP contribution in [0.15, 0.2) is 22.7 Å². The molecule has 2 aromatic rings. The summed E-state index contributed by atoms with van der Waals surface area (Å²) >= 11 is 0. The van der Waals surface area contributed by atoms with Crippen LogP contribution in [0, 0.1) is 27.7 Å². The maximum atomic E-state index is 6.10. The average molecular weight is 355 g/mol. The zero-order valence-corrected chi connectivity index (χ0v) is 16.3. The second-order valence-electron chi connectivity index (χ2n) is 7.94. The fourth-order valence-corrected chi connectivity index (χ4v) is 4.51. The molecule has 26 heavy (non-hydrogen) atoms. The van der Waals surface area contributed by atoms with Gasteiger partial charge in [-0.25, -0.2) is 0 Å². The van der Waals surface area contributed by atoms with Crippen LogP contribution in [-0.2, 0) is 17.8 Å². The Morgan fingerprint density at radius 2 is 1.81 bits per heavy atom. The van der Waals surface area contributed by atoms with Crippen LogP contribution in [0.5, 0.6) is 0 Å². The van der Waals surface area contributed by atoms with Gasteiger partial charge in [-0.05, 0) is 33.3 Å². The molecule has 0 amide bonds. The van der Waals surface area contributed by atoms with Crippen molar-refractivity contribution >= 4 is 0 Å². The van der Waals surface area contributed by atoms with Gasteiger partial charge in [0.05, 0.1) is 24.4 Å². The summed E-state index contributed by atoms with van der Waals surface area (Å²) in [6.45, 7) is 14.1. The third kappa shape index (κ3) is 3.56. The summed E-state index contributed by atoms with van der Waals surface area (Å²) in [5, 5.41) is 4.11. The summed E-state index contributed by atoms with van der Waals surface area (Å²) in [6.07, 6.45) is 0.301. The van der Waals surface area contributed by atoms with E-state index in [0.29, 0.717) is 12.1 Å². The zero-order chi connectivity index (χ0) is 18.3. The van der Waals surface area contributed by atoms with Crippen LogP contribution >= 0.6 is 0 Å². The first-order valence-corrected chi connectivity index (χ1v) is 9.56.